The van der Waals surface area contributed by atoms with Gasteiger partial charge in [-0.15, -0.1) is 5.10 Å². The number of methoxy groups -OCH3 is 1. The minimum atomic E-state index is -0.601. The molecule has 0 aliphatic carbocycles. The van der Waals surface area contributed by atoms with Crippen molar-refractivity contribution >= 4 is 28.3 Å². The van der Waals surface area contributed by atoms with Gasteiger partial charge in [-0.2, -0.15) is 0 Å². The van der Waals surface area contributed by atoms with Crippen molar-refractivity contribution in [3.8, 4) is 11.4 Å². The van der Waals surface area contributed by atoms with Gasteiger partial charge >= 0.3 is 5.97 Å². The van der Waals surface area contributed by atoms with Crippen molar-refractivity contribution in [3.63, 3.8) is 0 Å². The lowest BCUT2D eigenvalue weighted by atomic mass is 10.1. The van der Waals surface area contributed by atoms with Gasteiger partial charge in [-0.1, -0.05) is 28.9 Å². The molecule has 0 saturated heterocycles. The van der Waals surface area contributed by atoms with E-state index in [0.29, 0.717) is 17.1 Å². The van der Waals surface area contributed by atoms with Gasteiger partial charge in [0.1, 0.15) is 17.5 Å². The predicted octanol–water partition coefficient (Wildman–Crippen LogP) is 3.54. The van der Waals surface area contributed by atoms with E-state index in [1.165, 1.54) is 7.11 Å². The van der Waals surface area contributed by atoms with Gasteiger partial charge in [0.25, 0.3) is 0 Å². The lowest BCUT2D eigenvalue weighted by Crippen LogP contribution is -2.09. The van der Waals surface area contributed by atoms with Crippen LogP contribution in [0.5, 0.6) is 5.75 Å². The molecule has 0 unspecified atom stereocenters. The average molecular weight is 410 g/mol. The molecule has 146 valence electrons. The van der Waals surface area contributed by atoms with E-state index in [1.807, 2.05) is 24.3 Å². The first kappa shape index (κ1) is 18.8. The summed E-state index contributed by atoms with van der Waals surface area (Å²) in [4.78, 5) is 20.8. The van der Waals surface area contributed by atoms with Gasteiger partial charge in [0.05, 0.1) is 24.2 Å². The Morgan fingerprint density at radius 2 is 2.10 bits per heavy atom. The van der Waals surface area contributed by atoms with Crippen LogP contribution in [0.1, 0.15) is 21.9 Å². The van der Waals surface area contributed by atoms with E-state index in [4.69, 9.17) is 21.1 Å². The molecule has 9 heteroatoms. The highest BCUT2D eigenvalue weighted by atomic mass is 35.5. The summed E-state index contributed by atoms with van der Waals surface area (Å²) in [7, 11) is 1.52. The highest BCUT2D eigenvalue weighted by Crippen LogP contribution is 2.23. The summed E-state index contributed by atoms with van der Waals surface area (Å²) in [5.41, 5.74) is 1.96. The van der Waals surface area contributed by atoms with E-state index in [1.54, 1.807) is 36.1 Å². The second kappa shape index (κ2) is 7.84. The monoisotopic (exact) mass is 409 g/mol. The Labute approximate surface area is 171 Å². The zero-order valence-corrected chi connectivity index (χ0v) is 16.4. The fourth-order valence-electron chi connectivity index (χ4n) is 2.96. The van der Waals surface area contributed by atoms with Crippen molar-refractivity contribution in [2.24, 2.45) is 0 Å². The van der Waals surface area contributed by atoms with Crippen LogP contribution in [0.15, 0.2) is 48.8 Å². The first-order chi connectivity index (χ1) is 14.1. The number of halogens is 1. The van der Waals surface area contributed by atoms with Crippen molar-refractivity contribution in [1.82, 2.24) is 25.0 Å². The smallest absolute Gasteiger partial charge is 0.361 e. The van der Waals surface area contributed by atoms with Crippen LogP contribution in [-0.4, -0.2) is 38.0 Å². The molecule has 0 N–H and O–H groups in total. The molecule has 4 rings (SSSR count). The summed E-state index contributed by atoms with van der Waals surface area (Å²) in [5, 5.41) is 10.3. The maximum atomic E-state index is 12.5. The summed E-state index contributed by atoms with van der Waals surface area (Å²) in [6.07, 6.45) is 3.48. The molecule has 1 aromatic carbocycles. The molecule has 0 aliphatic rings. The second-order valence-electron chi connectivity index (χ2n) is 6.21. The van der Waals surface area contributed by atoms with Gasteiger partial charge in [-0.25, -0.2) is 14.5 Å². The number of hydrogen-bond acceptors (Lipinski definition) is 7. The molecule has 0 spiro atoms. The predicted molar refractivity (Wildman–Crippen MR) is 106 cm³/mol. The van der Waals surface area contributed by atoms with Crippen LogP contribution < -0.4 is 4.74 Å². The summed E-state index contributed by atoms with van der Waals surface area (Å²) >= 11 is 5.94. The summed E-state index contributed by atoms with van der Waals surface area (Å²) < 4.78 is 12.1. The van der Waals surface area contributed by atoms with Gasteiger partial charge in [-0.3, -0.25) is 4.98 Å². The quantitative estimate of drug-likeness (QED) is 0.367. The lowest BCUT2D eigenvalue weighted by Gasteiger charge is -2.08. The molecule has 4 aromatic rings. The number of benzene rings is 1. The zero-order valence-electron chi connectivity index (χ0n) is 15.7. The SMILES string of the molecule is COc1cc(Cl)nc(COC(=O)c2nnn(-c3cccc4cnccc34)c2C)c1. The Balaban J connectivity index is 1.58. The lowest BCUT2D eigenvalue weighted by molar-refractivity contribution is 0.0459. The third-order valence-electron chi connectivity index (χ3n) is 4.38. The molecule has 0 aliphatic heterocycles. The van der Waals surface area contributed by atoms with Gasteiger partial charge < -0.3 is 9.47 Å². The molecule has 0 saturated carbocycles. The first-order valence-electron chi connectivity index (χ1n) is 8.70. The first-order valence-corrected chi connectivity index (χ1v) is 9.07. The average Bonchev–Trinajstić information content (AvgIpc) is 3.12. The zero-order chi connectivity index (χ0) is 20.4. The van der Waals surface area contributed by atoms with E-state index >= 15 is 0 Å². The topological polar surface area (TPSA) is 92.0 Å². The number of carbonyl (C=O) groups excluding carboxylic acids is 1. The third-order valence-corrected chi connectivity index (χ3v) is 4.57. The molecule has 8 nitrogen and oxygen atoms in total. The Kier molecular flexibility index (Phi) is 5.09. The Bertz CT molecular complexity index is 1200. The van der Waals surface area contributed by atoms with Crippen LogP contribution in [-0.2, 0) is 11.3 Å². The number of nitrogens with zero attached hydrogens (tertiary/aromatic N) is 5. The van der Waals surface area contributed by atoms with E-state index in [-0.39, 0.29) is 17.5 Å². The Hall–Kier alpha value is -3.52. The van der Waals surface area contributed by atoms with Crippen LogP contribution >= 0.6 is 11.6 Å². The number of aromatic nitrogens is 5. The van der Waals surface area contributed by atoms with E-state index in [0.717, 1.165) is 16.5 Å². The summed E-state index contributed by atoms with van der Waals surface area (Å²) in [6, 6.07) is 10.9. The van der Waals surface area contributed by atoms with Crippen LogP contribution in [0, 0.1) is 6.92 Å². The van der Waals surface area contributed by atoms with Gasteiger partial charge in [0.15, 0.2) is 5.69 Å². The largest absolute Gasteiger partial charge is 0.497 e. The summed E-state index contributed by atoms with van der Waals surface area (Å²) in [5.74, 6) is -0.0694. The van der Waals surface area contributed by atoms with Gasteiger partial charge in [0, 0.05) is 35.3 Å². The van der Waals surface area contributed by atoms with E-state index < -0.39 is 5.97 Å². The molecular weight excluding hydrogens is 394 g/mol. The number of hydrogen-bond donors (Lipinski definition) is 0. The molecule has 0 radical (unpaired) electrons. The van der Waals surface area contributed by atoms with E-state index in [9.17, 15) is 4.79 Å². The fourth-order valence-corrected chi connectivity index (χ4v) is 3.18. The van der Waals surface area contributed by atoms with Crippen molar-refractivity contribution in [3.05, 3.63) is 71.0 Å². The van der Waals surface area contributed by atoms with Crippen molar-refractivity contribution in [1.29, 1.82) is 0 Å². The number of pyridine rings is 2. The maximum Gasteiger partial charge on any atom is 0.361 e. The highest BCUT2D eigenvalue weighted by molar-refractivity contribution is 6.29. The molecule has 0 amide bonds. The fraction of sp³-hybridized carbons (Fsp3) is 0.150. The number of rotatable bonds is 5. The number of carbonyl (C=O) groups is 1. The minimum Gasteiger partial charge on any atom is -0.497 e. The van der Waals surface area contributed by atoms with Gasteiger partial charge in [0.2, 0.25) is 0 Å². The molecule has 3 heterocycles. The highest BCUT2D eigenvalue weighted by Gasteiger charge is 2.20. The molecule has 3 aromatic heterocycles. The van der Waals surface area contributed by atoms with Crippen molar-refractivity contribution < 1.29 is 14.3 Å². The summed E-state index contributed by atoms with van der Waals surface area (Å²) in [6.45, 7) is 1.69. The number of ether oxygens (including phenoxy) is 2. The maximum absolute atomic E-state index is 12.5. The number of esters is 1. The van der Waals surface area contributed by atoms with Crippen LogP contribution in [0.25, 0.3) is 16.5 Å². The van der Waals surface area contributed by atoms with Crippen molar-refractivity contribution in [2.75, 3.05) is 7.11 Å². The van der Waals surface area contributed by atoms with Gasteiger partial charge in [-0.05, 0) is 19.1 Å². The number of fused-ring (bicyclic) bond motifs is 1. The van der Waals surface area contributed by atoms with Crippen LogP contribution in [0.2, 0.25) is 5.15 Å². The normalized spacial score (nSPS) is 10.9. The molecule has 29 heavy (non-hydrogen) atoms. The molecule has 0 bridgehead atoms. The molecule has 0 atom stereocenters. The standard InChI is InChI=1S/C20H16ClN5O3/c1-12-19(20(27)29-11-14-8-15(28-2)9-18(21)23-14)24-25-26(12)17-5-3-4-13-10-22-7-6-16(13)17/h3-10H,11H2,1-2H3. The van der Waals surface area contributed by atoms with Crippen LogP contribution in [0.4, 0.5) is 0 Å². The second-order valence-corrected chi connectivity index (χ2v) is 6.59. The molecular formula is C20H16ClN5O3. The molecule has 0 fully saturated rings. The third kappa shape index (κ3) is 3.74. The Morgan fingerprint density at radius 3 is 2.93 bits per heavy atom. The van der Waals surface area contributed by atoms with Crippen molar-refractivity contribution in [2.45, 2.75) is 13.5 Å². The van der Waals surface area contributed by atoms with E-state index in [2.05, 4.69) is 20.3 Å². The van der Waals surface area contributed by atoms with Crippen LogP contribution in [0.3, 0.4) is 0 Å². The Morgan fingerprint density at radius 1 is 1.24 bits per heavy atom. The minimum absolute atomic E-state index is 0.0675.